The minimum Gasteiger partial charge on any atom is -0.466 e. The summed E-state index contributed by atoms with van der Waals surface area (Å²) in [6, 6.07) is -0.635. The molecule has 6 heteroatoms. The van der Waals surface area contributed by atoms with Gasteiger partial charge in [-0.3, -0.25) is 9.59 Å². The Balaban J connectivity index is 3.42. The second-order valence-corrected chi connectivity index (χ2v) is 18.9. The number of esters is 1. The van der Waals surface area contributed by atoms with Crippen molar-refractivity contribution in [2.24, 2.45) is 0 Å². The first-order valence-electron chi connectivity index (χ1n) is 27.5. The van der Waals surface area contributed by atoms with Gasteiger partial charge in [0, 0.05) is 12.8 Å². The van der Waals surface area contributed by atoms with E-state index in [0.717, 1.165) is 57.8 Å². The van der Waals surface area contributed by atoms with Gasteiger partial charge in [-0.2, -0.15) is 0 Å². The fourth-order valence-electron chi connectivity index (χ4n) is 8.58. The van der Waals surface area contributed by atoms with Crippen LogP contribution in [-0.2, 0) is 14.3 Å². The number of amides is 1. The van der Waals surface area contributed by atoms with Crippen molar-refractivity contribution >= 4 is 11.9 Å². The summed E-state index contributed by atoms with van der Waals surface area (Å²) in [5.41, 5.74) is 0. The van der Waals surface area contributed by atoms with E-state index in [1.165, 1.54) is 218 Å². The molecular formula is C55H107NO5. The maximum atomic E-state index is 12.4. The highest BCUT2D eigenvalue weighted by atomic mass is 16.5. The summed E-state index contributed by atoms with van der Waals surface area (Å²) in [6.07, 6.45) is 59.4. The number of carbonyl (C=O) groups excluding carboxylic acids is 2. The minimum absolute atomic E-state index is 0.00200. The molecule has 0 rings (SSSR count). The molecule has 0 radical (unpaired) electrons. The number of unbranched alkanes of at least 4 members (excludes halogenated alkanes) is 40. The summed E-state index contributed by atoms with van der Waals surface area (Å²) >= 11 is 0. The molecule has 0 saturated heterocycles. The molecule has 0 aliphatic rings. The zero-order valence-electron chi connectivity index (χ0n) is 41.2. The van der Waals surface area contributed by atoms with Crippen LogP contribution in [0.4, 0.5) is 0 Å². The molecule has 6 nitrogen and oxygen atoms in total. The van der Waals surface area contributed by atoms with Crippen molar-refractivity contribution in [3.05, 3.63) is 12.2 Å². The van der Waals surface area contributed by atoms with Gasteiger partial charge in [-0.15, -0.1) is 0 Å². The lowest BCUT2D eigenvalue weighted by molar-refractivity contribution is -0.143. The van der Waals surface area contributed by atoms with Crippen LogP contribution in [0.1, 0.15) is 303 Å². The Hall–Kier alpha value is -1.40. The number of allylic oxidation sites excluding steroid dienone is 1. The van der Waals surface area contributed by atoms with Gasteiger partial charge >= 0.3 is 5.97 Å². The van der Waals surface area contributed by atoms with Gasteiger partial charge in [0.15, 0.2) is 0 Å². The molecule has 0 aromatic rings. The van der Waals surface area contributed by atoms with Gasteiger partial charge in [-0.05, 0) is 32.1 Å². The topological polar surface area (TPSA) is 95.9 Å². The number of carbonyl (C=O) groups is 2. The second kappa shape index (κ2) is 51.2. The predicted octanol–water partition coefficient (Wildman–Crippen LogP) is 16.5. The minimum atomic E-state index is -0.851. The molecule has 0 aliphatic carbocycles. The number of hydrogen-bond donors (Lipinski definition) is 3. The smallest absolute Gasteiger partial charge is 0.305 e. The Kier molecular flexibility index (Phi) is 50.1. The van der Waals surface area contributed by atoms with E-state index >= 15 is 0 Å². The molecule has 0 aromatic heterocycles. The first-order valence-corrected chi connectivity index (χ1v) is 27.5. The summed E-state index contributed by atoms with van der Waals surface area (Å²) < 4.78 is 5.48. The molecule has 61 heavy (non-hydrogen) atoms. The van der Waals surface area contributed by atoms with E-state index in [9.17, 15) is 19.8 Å². The molecule has 2 atom stereocenters. The molecule has 0 spiro atoms. The van der Waals surface area contributed by atoms with Crippen LogP contribution in [0.2, 0.25) is 0 Å². The van der Waals surface area contributed by atoms with Gasteiger partial charge in [0.1, 0.15) is 0 Å². The van der Waals surface area contributed by atoms with Crippen molar-refractivity contribution < 1.29 is 24.5 Å². The van der Waals surface area contributed by atoms with Gasteiger partial charge in [-0.1, -0.05) is 270 Å². The largest absolute Gasteiger partial charge is 0.466 e. The van der Waals surface area contributed by atoms with Crippen molar-refractivity contribution in [3.63, 3.8) is 0 Å². The summed E-state index contributed by atoms with van der Waals surface area (Å²) in [7, 11) is 0. The molecule has 1 amide bonds. The molecule has 0 heterocycles. The molecule has 0 bridgehead atoms. The van der Waals surface area contributed by atoms with E-state index in [-0.39, 0.29) is 18.5 Å². The van der Waals surface area contributed by atoms with Gasteiger partial charge in [0.05, 0.1) is 25.4 Å². The Morgan fingerprint density at radius 1 is 0.443 bits per heavy atom. The molecular weight excluding hydrogens is 755 g/mol. The quantitative estimate of drug-likeness (QED) is 0.0322. The number of hydrogen-bond acceptors (Lipinski definition) is 5. The number of rotatable bonds is 51. The SMILES string of the molecule is CCCCCCCCCCCC/C=C/C(O)C(CO)NC(=O)CCCCCCCCCCCCCCCOC(=O)CCCCCCCCCCCCCCCCCCCCC. The summed E-state index contributed by atoms with van der Waals surface area (Å²) in [4.78, 5) is 24.5. The zero-order chi connectivity index (χ0) is 44.4. The van der Waals surface area contributed by atoms with Gasteiger partial charge in [0.25, 0.3) is 0 Å². The Bertz CT molecular complexity index is 909. The molecule has 0 aromatic carbocycles. The highest BCUT2D eigenvalue weighted by molar-refractivity contribution is 5.76. The van der Waals surface area contributed by atoms with E-state index < -0.39 is 12.1 Å². The van der Waals surface area contributed by atoms with Gasteiger partial charge in [-0.25, -0.2) is 0 Å². The molecule has 0 saturated carbocycles. The van der Waals surface area contributed by atoms with Crippen LogP contribution in [0.25, 0.3) is 0 Å². The first-order chi connectivity index (χ1) is 30.0. The molecule has 0 fully saturated rings. The number of aliphatic hydroxyl groups is 2. The number of aliphatic hydroxyl groups excluding tert-OH is 2. The lowest BCUT2D eigenvalue weighted by Crippen LogP contribution is -2.45. The fourth-order valence-corrected chi connectivity index (χ4v) is 8.58. The average molecular weight is 862 g/mol. The zero-order valence-corrected chi connectivity index (χ0v) is 41.2. The van der Waals surface area contributed by atoms with Crippen molar-refractivity contribution in [1.29, 1.82) is 0 Å². The highest BCUT2D eigenvalue weighted by Crippen LogP contribution is 2.17. The van der Waals surface area contributed by atoms with Crippen LogP contribution in [-0.4, -0.2) is 47.4 Å². The Morgan fingerprint density at radius 3 is 1.11 bits per heavy atom. The average Bonchev–Trinajstić information content (AvgIpc) is 3.26. The van der Waals surface area contributed by atoms with Crippen LogP contribution in [0.15, 0.2) is 12.2 Å². The predicted molar refractivity (Wildman–Crippen MR) is 264 cm³/mol. The summed E-state index contributed by atoms with van der Waals surface area (Å²) in [5.74, 6) is -0.0822. The molecule has 0 aliphatic heterocycles. The normalized spacial score (nSPS) is 12.7. The van der Waals surface area contributed by atoms with Crippen molar-refractivity contribution in [2.75, 3.05) is 13.2 Å². The lowest BCUT2D eigenvalue weighted by Gasteiger charge is -2.20. The van der Waals surface area contributed by atoms with Crippen molar-refractivity contribution in [1.82, 2.24) is 5.32 Å². The third kappa shape index (κ3) is 47.9. The first kappa shape index (κ1) is 59.6. The summed E-state index contributed by atoms with van der Waals surface area (Å²) in [5, 5.41) is 23.0. The van der Waals surface area contributed by atoms with E-state index in [0.29, 0.717) is 19.4 Å². The van der Waals surface area contributed by atoms with E-state index in [1.807, 2.05) is 6.08 Å². The van der Waals surface area contributed by atoms with Crippen molar-refractivity contribution in [3.8, 4) is 0 Å². The maximum absolute atomic E-state index is 12.4. The van der Waals surface area contributed by atoms with Crippen LogP contribution in [0.5, 0.6) is 0 Å². The number of nitrogens with one attached hydrogen (secondary N) is 1. The second-order valence-electron chi connectivity index (χ2n) is 18.9. The Morgan fingerprint density at radius 2 is 0.754 bits per heavy atom. The van der Waals surface area contributed by atoms with Crippen LogP contribution < -0.4 is 5.32 Å². The standard InChI is InChI=1S/C55H107NO5/c1-3-5-7-9-11-13-15-17-18-19-20-21-22-25-29-33-37-41-45-49-55(60)61-50-46-42-38-34-30-26-23-24-28-32-36-40-44-48-54(59)56-52(51-57)53(58)47-43-39-35-31-27-16-14-12-10-8-6-4-2/h43,47,52-53,57-58H,3-42,44-46,48-51H2,1-2H3,(H,56,59)/b47-43+. The Labute approximate surface area is 380 Å². The fraction of sp³-hybridized carbons (Fsp3) is 0.927. The van der Waals surface area contributed by atoms with E-state index in [4.69, 9.17) is 4.74 Å². The molecule has 2 unspecified atom stereocenters. The van der Waals surface area contributed by atoms with Crippen LogP contribution in [0.3, 0.4) is 0 Å². The van der Waals surface area contributed by atoms with E-state index in [1.54, 1.807) is 6.08 Å². The third-order valence-corrected chi connectivity index (χ3v) is 12.8. The van der Waals surface area contributed by atoms with Gasteiger partial charge < -0.3 is 20.3 Å². The van der Waals surface area contributed by atoms with Crippen LogP contribution >= 0.6 is 0 Å². The third-order valence-electron chi connectivity index (χ3n) is 12.8. The highest BCUT2D eigenvalue weighted by Gasteiger charge is 2.18. The molecule has 3 N–H and O–H groups in total. The monoisotopic (exact) mass is 862 g/mol. The maximum Gasteiger partial charge on any atom is 0.305 e. The van der Waals surface area contributed by atoms with Crippen molar-refractivity contribution in [2.45, 2.75) is 315 Å². The summed E-state index contributed by atoms with van der Waals surface area (Å²) in [6.45, 7) is 4.88. The lowest BCUT2D eigenvalue weighted by atomic mass is 10.0. The molecule has 362 valence electrons. The van der Waals surface area contributed by atoms with E-state index in [2.05, 4.69) is 19.2 Å². The van der Waals surface area contributed by atoms with Crippen LogP contribution in [0, 0.1) is 0 Å². The number of ether oxygens (including phenoxy) is 1. The van der Waals surface area contributed by atoms with Gasteiger partial charge in [0.2, 0.25) is 5.91 Å².